The zero-order valence-electron chi connectivity index (χ0n) is 15.6. The summed E-state index contributed by atoms with van der Waals surface area (Å²) in [6.45, 7) is 2.08. The van der Waals surface area contributed by atoms with E-state index in [4.69, 9.17) is 5.10 Å². The summed E-state index contributed by atoms with van der Waals surface area (Å²) in [7, 11) is 0. The third-order valence-electron chi connectivity index (χ3n) is 5.05. The van der Waals surface area contributed by atoms with Gasteiger partial charge in [0.1, 0.15) is 5.82 Å². The maximum Gasteiger partial charge on any atom is 0.224 e. The van der Waals surface area contributed by atoms with E-state index < -0.39 is 0 Å². The fourth-order valence-corrected chi connectivity index (χ4v) is 3.51. The summed E-state index contributed by atoms with van der Waals surface area (Å²) in [5.41, 5.74) is 3.39. The van der Waals surface area contributed by atoms with Gasteiger partial charge < -0.3 is 10.6 Å². The van der Waals surface area contributed by atoms with Crippen LogP contribution in [0.4, 0.5) is 4.39 Å². The van der Waals surface area contributed by atoms with E-state index in [-0.39, 0.29) is 17.6 Å². The minimum Gasteiger partial charge on any atom is -0.352 e. The number of para-hydroxylation sites is 1. The number of nitrogens with zero attached hydrogens (tertiary/aromatic N) is 2. The van der Waals surface area contributed by atoms with Gasteiger partial charge in [-0.3, -0.25) is 4.79 Å². The average Bonchev–Trinajstić information content (AvgIpc) is 3.18. The molecule has 4 rings (SSSR count). The van der Waals surface area contributed by atoms with E-state index in [9.17, 15) is 9.18 Å². The number of nitrogens with one attached hydrogen (secondary N) is 2. The second-order valence-corrected chi connectivity index (χ2v) is 7.05. The van der Waals surface area contributed by atoms with Gasteiger partial charge in [0.05, 0.1) is 17.3 Å². The van der Waals surface area contributed by atoms with Gasteiger partial charge in [-0.2, -0.15) is 5.10 Å². The van der Waals surface area contributed by atoms with Crippen LogP contribution in [0.25, 0.3) is 16.9 Å². The molecule has 1 aliphatic heterocycles. The van der Waals surface area contributed by atoms with Crippen LogP contribution in [-0.4, -0.2) is 28.8 Å². The summed E-state index contributed by atoms with van der Waals surface area (Å²) in [6.07, 6.45) is 3.85. The Morgan fingerprint density at radius 3 is 2.68 bits per heavy atom. The van der Waals surface area contributed by atoms with Gasteiger partial charge in [0, 0.05) is 30.4 Å². The third kappa shape index (κ3) is 4.12. The molecule has 1 aliphatic rings. The normalized spacial score (nSPS) is 16.7. The molecule has 1 saturated heterocycles. The van der Waals surface area contributed by atoms with Crippen molar-refractivity contribution < 1.29 is 9.18 Å². The number of hydrogen-bond acceptors (Lipinski definition) is 3. The van der Waals surface area contributed by atoms with Gasteiger partial charge >= 0.3 is 0 Å². The second kappa shape index (κ2) is 8.35. The summed E-state index contributed by atoms with van der Waals surface area (Å²) >= 11 is 0. The largest absolute Gasteiger partial charge is 0.352 e. The van der Waals surface area contributed by atoms with Gasteiger partial charge in [-0.1, -0.05) is 18.2 Å². The van der Waals surface area contributed by atoms with E-state index >= 15 is 0 Å². The number of piperidine rings is 1. The molecule has 1 fully saturated rings. The van der Waals surface area contributed by atoms with Crippen LogP contribution in [0.3, 0.4) is 0 Å². The molecule has 0 bridgehead atoms. The first-order chi connectivity index (χ1) is 13.7. The predicted molar refractivity (Wildman–Crippen MR) is 106 cm³/mol. The topological polar surface area (TPSA) is 59.0 Å². The van der Waals surface area contributed by atoms with Gasteiger partial charge in [0.25, 0.3) is 0 Å². The minimum absolute atomic E-state index is 0.00666. The summed E-state index contributed by atoms with van der Waals surface area (Å²) < 4.78 is 15.1. The fourth-order valence-electron chi connectivity index (χ4n) is 3.51. The third-order valence-corrected chi connectivity index (χ3v) is 5.05. The number of amides is 1. The van der Waals surface area contributed by atoms with Crippen molar-refractivity contribution in [3.05, 3.63) is 72.2 Å². The highest BCUT2D eigenvalue weighted by atomic mass is 19.1. The van der Waals surface area contributed by atoms with Crippen molar-refractivity contribution in [1.29, 1.82) is 0 Å². The maximum atomic E-state index is 13.3. The molecule has 0 spiro atoms. The molecular weight excluding hydrogens is 355 g/mol. The Bertz CT molecular complexity index is 931. The van der Waals surface area contributed by atoms with Crippen LogP contribution in [0.5, 0.6) is 0 Å². The lowest BCUT2D eigenvalue weighted by Gasteiger charge is -2.21. The molecule has 5 nitrogen and oxygen atoms in total. The van der Waals surface area contributed by atoms with Crippen LogP contribution in [0.2, 0.25) is 0 Å². The lowest BCUT2D eigenvalue weighted by atomic mass is 9.98. The molecule has 0 saturated carbocycles. The quantitative estimate of drug-likeness (QED) is 0.716. The lowest BCUT2D eigenvalue weighted by molar-refractivity contribution is -0.125. The van der Waals surface area contributed by atoms with E-state index in [1.165, 1.54) is 12.1 Å². The highest BCUT2D eigenvalue weighted by Gasteiger charge is 2.21. The Hall–Kier alpha value is -2.99. The highest BCUT2D eigenvalue weighted by Crippen LogP contribution is 2.24. The molecule has 0 aliphatic carbocycles. The van der Waals surface area contributed by atoms with Gasteiger partial charge in [0.15, 0.2) is 0 Å². The Balaban J connectivity index is 1.59. The Kier molecular flexibility index (Phi) is 5.48. The zero-order chi connectivity index (χ0) is 19.3. The molecule has 1 unspecified atom stereocenters. The number of carbonyl (C=O) groups is 1. The predicted octanol–water partition coefficient (Wildman–Crippen LogP) is 3.29. The van der Waals surface area contributed by atoms with Crippen molar-refractivity contribution in [2.75, 3.05) is 13.1 Å². The Morgan fingerprint density at radius 2 is 1.96 bits per heavy atom. The van der Waals surface area contributed by atoms with E-state index in [1.54, 1.807) is 16.8 Å². The first-order valence-corrected chi connectivity index (χ1v) is 9.59. The first kappa shape index (κ1) is 18.4. The van der Waals surface area contributed by atoms with E-state index in [1.807, 2.05) is 36.5 Å². The number of carbonyl (C=O) groups excluding carboxylic acids is 1. The molecule has 6 heteroatoms. The average molecular weight is 378 g/mol. The van der Waals surface area contributed by atoms with Gasteiger partial charge in [-0.05, 0) is 55.8 Å². The minimum atomic E-state index is -0.286. The number of aromatic nitrogens is 2. The van der Waals surface area contributed by atoms with Crippen molar-refractivity contribution in [2.45, 2.75) is 19.4 Å². The van der Waals surface area contributed by atoms with Crippen molar-refractivity contribution in [1.82, 2.24) is 20.4 Å². The van der Waals surface area contributed by atoms with Crippen LogP contribution in [0.1, 0.15) is 18.4 Å². The number of rotatable bonds is 5. The molecule has 2 N–H and O–H groups in total. The summed E-state index contributed by atoms with van der Waals surface area (Å²) in [4.78, 5) is 12.5. The molecule has 0 radical (unpaired) electrons. The SMILES string of the molecule is O=C(NCc1cn(-c2ccccc2)nc1-c1ccc(F)cc1)C1CCCNC1. The smallest absolute Gasteiger partial charge is 0.224 e. The number of halogens is 1. The van der Waals surface area contributed by atoms with E-state index in [0.717, 1.165) is 48.4 Å². The number of benzene rings is 2. The van der Waals surface area contributed by atoms with Crippen molar-refractivity contribution in [3.63, 3.8) is 0 Å². The standard InChI is InChI=1S/C22H23FN4O/c23-19-10-8-16(9-11-19)21-18(14-25-22(28)17-5-4-12-24-13-17)15-27(26-21)20-6-2-1-3-7-20/h1-3,6-11,15,17,24H,4-5,12-14H2,(H,25,28). The lowest BCUT2D eigenvalue weighted by Crippen LogP contribution is -2.40. The van der Waals surface area contributed by atoms with Crippen molar-refractivity contribution in [2.24, 2.45) is 5.92 Å². The van der Waals surface area contributed by atoms with E-state index in [2.05, 4.69) is 10.6 Å². The highest BCUT2D eigenvalue weighted by molar-refractivity contribution is 5.79. The van der Waals surface area contributed by atoms with Crippen LogP contribution in [0.15, 0.2) is 60.8 Å². The van der Waals surface area contributed by atoms with Crippen molar-refractivity contribution in [3.8, 4) is 16.9 Å². The molecular formula is C22H23FN4O. The summed E-state index contributed by atoms with van der Waals surface area (Å²) in [6, 6.07) is 16.1. The second-order valence-electron chi connectivity index (χ2n) is 7.05. The van der Waals surface area contributed by atoms with Gasteiger partial charge in [0.2, 0.25) is 5.91 Å². The molecule has 3 aromatic rings. The summed E-state index contributed by atoms with van der Waals surface area (Å²) in [5.74, 6) is -0.220. The van der Waals surface area contributed by atoms with Crippen LogP contribution < -0.4 is 10.6 Å². The molecule has 2 aromatic carbocycles. The molecule has 1 aromatic heterocycles. The fraction of sp³-hybridized carbons (Fsp3) is 0.273. The van der Waals surface area contributed by atoms with Gasteiger partial charge in [-0.15, -0.1) is 0 Å². The molecule has 144 valence electrons. The van der Waals surface area contributed by atoms with Crippen molar-refractivity contribution >= 4 is 5.91 Å². The summed E-state index contributed by atoms with van der Waals surface area (Å²) in [5, 5.41) is 11.0. The monoisotopic (exact) mass is 378 g/mol. The van der Waals surface area contributed by atoms with Crippen LogP contribution in [0, 0.1) is 11.7 Å². The first-order valence-electron chi connectivity index (χ1n) is 9.59. The maximum absolute atomic E-state index is 13.3. The molecule has 28 heavy (non-hydrogen) atoms. The van der Waals surface area contributed by atoms with E-state index in [0.29, 0.717) is 6.54 Å². The Morgan fingerprint density at radius 1 is 1.18 bits per heavy atom. The van der Waals surface area contributed by atoms with Gasteiger partial charge in [-0.25, -0.2) is 9.07 Å². The molecule has 1 atom stereocenters. The molecule has 2 heterocycles. The van der Waals surface area contributed by atoms with Crippen LogP contribution >= 0.6 is 0 Å². The molecule has 1 amide bonds. The zero-order valence-corrected chi connectivity index (χ0v) is 15.6. The number of hydrogen-bond donors (Lipinski definition) is 2. The van der Waals surface area contributed by atoms with Crippen LogP contribution in [-0.2, 0) is 11.3 Å². The Labute approximate surface area is 163 Å².